The van der Waals surface area contributed by atoms with Gasteiger partial charge in [-0.15, -0.1) is 0 Å². The van der Waals surface area contributed by atoms with Crippen molar-refractivity contribution in [2.75, 3.05) is 25.2 Å². The number of thiol groups is 2. The highest BCUT2D eigenvalue weighted by molar-refractivity contribution is 7.93. The number of amides is 1. The summed E-state index contributed by atoms with van der Waals surface area (Å²) in [6, 6.07) is -1.37. The molecule has 0 aliphatic carbocycles. The number of hydrogen-bond acceptors (Lipinski definition) is 15. The molecule has 0 saturated heterocycles. The first kappa shape index (κ1) is 37.4. The van der Waals surface area contributed by atoms with Crippen LogP contribution in [0.25, 0.3) is 0 Å². The average Bonchev–Trinajstić information content (AvgIpc) is 3.38. The van der Waals surface area contributed by atoms with E-state index in [2.05, 4.69) is 5.32 Å². The van der Waals surface area contributed by atoms with Crippen molar-refractivity contribution in [3.63, 3.8) is 0 Å². The summed E-state index contributed by atoms with van der Waals surface area (Å²) < 4.78 is 84.9. The summed E-state index contributed by atoms with van der Waals surface area (Å²) in [4.78, 5) is 48.3. The number of nitrogens with two attached hydrogens (primary N) is 1. The lowest BCUT2D eigenvalue weighted by Crippen LogP contribution is -2.54. The van der Waals surface area contributed by atoms with Gasteiger partial charge >= 0.3 is 17.9 Å². The number of hydrogen-bond donors (Lipinski definition) is 4. The minimum Gasteiger partial charge on any atom is -0.462 e. The SMILES string of the molecule is CC(=O)OCC(COC(=O)C(C)NC(=O)C(Cc1ccsc1)CC(C(N)CCS(C)(=O)=O)([SH](=O)=O)[SH](=O)=O)OC(C)=O. The molecule has 0 spiro atoms. The number of nitrogens with one attached hydrogen (secondary N) is 1. The molecule has 3 N–H and O–H groups in total. The van der Waals surface area contributed by atoms with E-state index in [4.69, 9.17) is 19.9 Å². The van der Waals surface area contributed by atoms with Crippen molar-refractivity contribution >= 4 is 66.4 Å². The monoisotopic (exact) mass is 676 g/mol. The van der Waals surface area contributed by atoms with E-state index in [1.807, 2.05) is 0 Å². The lowest BCUT2D eigenvalue weighted by molar-refractivity contribution is -0.165. The van der Waals surface area contributed by atoms with Crippen LogP contribution in [0.5, 0.6) is 0 Å². The van der Waals surface area contributed by atoms with Gasteiger partial charge in [-0.05, 0) is 48.6 Å². The second kappa shape index (κ2) is 16.9. The Labute approximate surface area is 251 Å². The maximum absolute atomic E-state index is 13.3. The van der Waals surface area contributed by atoms with Crippen LogP contribution in [-0.2, 0) is 71.1 Å². The molecule has 0 aliphatic heterocycles. The van der Waals surface area contributed by atoms with Gasteiger partial charge < -0.3 is 25.3 Å². The Bertz CT molecular complexity index is 1320. The van der Waals surface area contributed by atoms with E-state index in [0.717, 1.165) is 20.1 Å². The fraction of sp³-hybridized carbons (Fsp3) is 0.652. The number of ether oxygens (including phenoxy) is 3. The summed E-state index contributed by atoms with van der Waals surface area (Å²) in [5.74, 6) is -5.19. The highest BCUT2D eigenvalue weighted by Crippen LogP contribution is 2.30. The van der Waals surface area contributed by atoms with E-state index < -0.39 is 115 Å². The van der Waals surface area contributed by atoms with Crippen LogP contribution in [0.2, 0.25) is 0 Å². The van der Waals surface area contributed by atoms with E-state index in [9.17, 15) is 44.4 Å². The van der Waals surface area contributed by atoms with Crippen LogP contribution >= 0.6 is 11.3 Å². The smallest absolute Gasteiger partial charge is 0.328 e. The molecule has 240 valence electrons. The highest BCUT2D eigenvalue weighted by Gasteiger charge is 2.48. The number of carbonyl (C=O) groups is 4. The van der Waals surface area contributed by atoms with Gasteiger partial charge in [-0.3, -0.25) is 14.4 Å². The summed E-state index contributed by atoms with van der Waals surface area (Å²) in [5, 5.41) is 5.72. The number of sulfone groups is 1. The second-order valence-corrected chi connectivity index (χ2v) is 15.6. The van der Waals surface area contributed by atoms with Gasteiger partial charge in [0, 0.05) is 32.1 Å². The number of carbonyl (C=O) groups excluding carboxylic acids is 4. The molecule has 4 unspecified atom stereocenters. The molecule has 1 heterocycles. The normalized spacial score (nSPS) is 14.9. The second-order valence-electron chi connectivity index (χ2n) is 9.55. The summed E-state index contributed by atoms with van der Waals surface area (Å²) in [6.45, 7) is 2.56. The molecule has 0 fully saturated rings. The molecular weight excluding hydrogens is 641 g/mol. The third kappa shape index (κ3) is 12.3. The summed E-state index contributed by atoms with van der Waals surface area (Å²) >= 11 is 1.28. The van der Waals surface area contributed by atoms with E-state index in [1.165, 1.54) is 18.3 Å². The van der Waals surface area contributed by atoms with Crippen molar-refractivity contribution in [2.45, 2.75) is 62.3 Å². The molecule has 0 aromatic carbocycles. The molecule has 0 bridgehead atoms. The topological polar surface area (TPSA) is 236 Å². The van der Waals surface area contributed by atoms with Crippen LogP contribution in [0.1, 0.15) is 39.2 Å². The van der Waals surface area contributed by atoms with E-state index in [1.54, 1.807) is 16.8 Å². The Balaban J connectivity index is 3.18. The third-order valence-corrected chi connectivity index (χ3v) is 10.9. The van der Waals surface area contributed by atoms with Crippen LogP contribution in [0.3, 0.4) is 0 Å². The van der Waals surface area contributed by atoms with Crippen molar-refractivity contribution in [3.05, 3.63) is 22.4 Å². The van der Waals surface area contributed by atoms with Gasteiger partial charge in [-0.25, -0.2) is 30.0 Å². The van der Waals surface area contributed by atoms with Crippen molar-refractivity contribution in [1.29, 1.82) is 0 Å². The van der Waals surface area contributed by atoms with Crippen LogP contribution in [0.15, 0.2) is 16.8 Å². The molecule has 19 heteroatoms. The first-order valence-corrected chi connectivity index (χ1v) is 17.8. The maximum atomic E-state index is 13.3. The van der Waals surface area contributed by atoms with Crippen molar-refractivity contribution in [2.24, 2.45) is 11.7 Å². The predicted octanol–water partition coefficient (Wildman–Crippen LogP) is -1.48. The van der Waals surface area contributed by atoms with Gasteiger partial charge in [0.05, 0.1) is 5.75 Å². The fourth-order valence-electron chi connectivity index (χ4n) is 3.78. The first-order valence-electron chi connectivity index (χ1n) is 12.4. The Hall–Kier alpha value is -2.61. The zero-order valence-corrected chi connectivity index (χ0v) is 26.8. The van der Waals surface area contributed by atoms with Gasteiger partial charge in [-0.2, -0.15) is 11.3 Å². The molecule has 15 nitrogen and oxygen atoms in total. The van der Waals surface area contributed by atoms with Crippen LogP contribution in [-0.4, -0.2) is 96.6 Å². The van der Waals surface area contributed by atoms with Crippen molar-refractivity contribution in [1.82, 2.24) is 5.32 Å². The summed E-state index contributed by atoms with van der Waals surface area (Å²) in [5.41, 5.74) is 6.55. The molecule has 1 rings (SSSR count). The molecule has 0 radical (unpaired) electrons. The highest BCUT2D eigenvalue weighted by atomic mass is 32.2. The standard InChI is InChI=1S/C23H36N2O13S4/c1-14(22(29)37-12-19(38-16(3)27)11-36-15(2)26)25-21(28)18(9-17-5-7-39-13-17)10-23(40(30)31,41(32)33)20(24)6-8-42(4,34)35/h5,7,13-14,18-20,40-41H,6,8-12,24H2,1-4H3,(H,25,28). The first-order chi connectivity index (χ1) is 19.4. The van der Waals surface area contributed by atoms with Gasteiger partial charge in [0.2, 0.25) is 5.91 Å². The van der Waals surface area contributed by atoms with Crippen LogP contribution in [0, 0.1) is 5.92 Å². The Morgan fingerprint density at radius 2 is 1.64 bits per heavy atom. The number of rotatable bonds is 18. The van der Waals surface area contributed by atoms with Crippen molar-refractivity contribution < 1.29 is 58.6 Å². The van der Waals surface area contributed by atoms with Gasteiger partial charge in [-0.1, -0.05) is 0 Å². The van der Waals surface area contributed by atoms with Gasteiger partial charge in [0.1, 0.15) is 29.1 Å². The molecule has 1 amide bonds. The summed E-state index contributed by atoms with van der Waals surface area (Å²) in [7, 11) is -11.3. The predicted molar refractivity (Wildman–Crippen MR) is 153 cm³/mol. The zero-order chi connectivity index (χ0) is 32.3. The maximum Gasteiger partial charge on any atom is 0.328 e. The number of esters is 3. The van der Waals surface area contributed by atoms with E-state index >= 15 is 0 Å². The molecule has 42 heavy (non-hydrogen) atoms. The van der Waals surface area contributed by atoms with Crippen molar-refractivity contribution in [3.8, 4) is 0 Å². The Morgan fingerprint density at radius 1 is 1.05 bits per heavy atom. The Kier molecular flexibility index (Phi) is 15.0. The minimum absolute atomic E-state index is 0.124. The average molecular weight is 677 g/mol. The van der Waals surface area contributed by atoms with E-state index in [-0.39, 0.29) is 6.42 Å². The lowest BCUT2D eigenvalue weighted by atomic mass is 9.91. The van der Waals surface area contributed by atoms with Gasteiger partial charge in [0.15, 0.2) is 31.6 Å². The Morgan fingerprint density at radius 3 is 2.12 bits per heavy atom. The quantitative estimate of drug-likeness (QED) is 0.0789. The number of thiophene rings is 1. The van der Waals surface area contributed by atoms with Crippen LogP contribution < -0.4 is 11.1 Å². The summed E-state index contributed by atoms with van der Waals surface area (Å²) in [6.07, 6.45) is -1.68. The minimum atomic E-state index is -3.82. The molecule has 0 saturated carbocycles. The molecule has 4 atom stereocenters. The molecular formula is C23H36N2O13S4. The van der Waals surface area contributed by atoms with E-state index in [0.29, 0.717) is 5.56 Å². The van der Waals surface area contributed by atoms with Crippen LogP contribution in [0.4, 0.5) is 0 Å². The lowest BCUT2D eigenvalue weighted by Gasteiger charge is -2.32. The zero-order valence-electron chi connectivity index (χ0n) is 23.4. The van der Waals surface area contributed by atoms with Gasteiger partial charge in [0.25, 0.3) is 0 Å². The largest absolute Gasteiger partial charge is 0.462 e. The fourth-order valence-corrected chi connectivity index (χ4v) is 7.21. The molecule has 0 aliphatic rings. The molecule has 1 aromatic rings. The molecule has 1 aromatic heterocycles. The third-order valence-electron chi connectivity index (χ3n) is 5.93.